The van der Waals surface area contributed by atoms with Crippen molar-refractivity contribution < 1.29 is 28.5 Å². The summed E-state index contributed by atoms with van der Waals surface area (Å²) in [7, 11) is 0. The Morgan fingerprint density at radius 3 is 2.38 bits per heavy atom. The van der Waals surface area contributed by atoms with Gasteiger partial charge >= 0.3 is 12.1 Å². The van der Waals surface area contributed by atoms with E-state index in [1.54, 1.807) is 48.5 Å². The summed E-state index contributed by atoms with van der Waals surface area (Å²) in [6, 6.07) is 24.1. The molecule has 5 rings (SSSR count). The lowest BCUT2D eigenvalue weighted by molar-refractivity contribution is 0.00873. The number of carbonyl (C=O) groups excluding carboxylic acids is 2. The van der Waals surface area contributed by atoms with E-state index in [0.29, 0.717) is 28.4 Å². The van der Waals surface area contributed by atoms with Crippen LogP contribution in [0.25, 0.3) is 0 Å². The van der Waals surface area contributed by atoms with E-state index in [-0.39, 0.29) is 13.2 Å². The molecule has 3 N–H and O–H groups in total. The molecule has 3 amide bonds. The Morgan fingerprint density at radius 1 is 0.838 bits per heavy atom. The summed E-state index contributed by atoms with van der Waals surface area (Å²) in [5.41, 5.74) is 1.48. The molecule has 3 aromatic rings. The SMILES string of the molecule is N#Cc1cccc(NC(=O)NC2COC3C(OC(=O)Nc4ccc(Oc5ccccc5)cc4)COC23)c1. The van der Waals surface area contributed by atoms with E-state index in [9.17, 15) is 9.59 Å². The molecule has 10 heteroatoms. The van der Waals surface area contributed by atoms with E-state index < -0.39 is 36.5 Å². The van der Waals surface area contributed by atoms with Gasteiger partial charge in [0.2, 0.25) is 0 Å². The van der Waals surface area contributed by atoms with Crippen molar-refractivity contribution in [3.05, 3.63) is 84.4 Å². The molecular weight excluding hydrogens is 476 g/mol. The predicted octanol–water partition coefficient (Wildman–Crippen LogP) is 4.26. The Hall–Kier alpha value is -4.59. The fourth-order valence-electron chi connectivity index (χ4n) is 4.21. The smallest absolute Gasteiger partial charge is 0.412 e. The largest absolute Gasteiger partial charge is 0.457 e. The Kier molecular flexibility index (Phi) is 7.16. The number of nitrogens with zero attached hydrogens (tertiary/aromatic N) is 1. The number of anilines is 2. The van der Waals surface area contributed by atoms with Gasteiger partial charge in [-0.2, -0.15) is 5.26 Å². The first-order valence-corrected chi connectivity index (χ1v) is 11.7. The summed E-state index contributed by atoms with van der Waals surface area (Å²) in [6.45, 7) is 0.363. The standard InChI is InChI=1S/C27H24N4O6/c28-14-17-5-4-6-19(13-17)29-26(32)31-22-15-34-25-23(16-35-24(22)25)37-27(33)30-18-9-11-21(12-10-18)36-20-7-2-1-3-8-20/h1-13,22-25H,15-16H2,(H,30,33)(H2,29,31,32). The highest BCUT2D eigenvalue weighted by Crippen LogP contribution is 2.29. The number of benzene rings is 3. The van der Waals surface area contributed by atoms with Crippen LogP contribution in [0.5, 0.6) is 11.5 Å². The van der Waals surface area contributed by atoms with E-state index in [1.165, 1.54) is 0 Å². The van der Waals surface area contributed by atoms with Crippen molar-refractivity contribution in [2.75, 3.05) is 23.8 Å². The maximum atomic E-state index is 12.5. The van der Waals surface area contributed by atoms with Gasteiger partial charge in [0.15, 0.2) is 6.10 Å². The van der Waals surface area contributed by atoms with Crippen LogP contribution in [0.2, 0.25) is 0 Å². The summed E-state index contributed by atoms with van der Waals surface area (Å²) >= 11 is 0. The van der Waals surface area contributed by atoms with Crippen LogP contribution in [-0.4, -0.2) is 49.7 Å². The number of carbonyl (C=O) groups is 2. The highest BCUT2D eigenvalue weighted by molar-refractivity contribution is 5.89. The molecule has 0 aliphatic carbocycles. The van der Waals surface area contributed by atoms with Gasteiger partial charge in [-0.25, -0.2) is 9.59 Å². The lowest BCUT2D eigenvalue weighted by Crippen LogP contribution is -2.46. The summed E-state index contributed by atoms with van der Waals surface area (Å²) in [4.78, 5) is 24.9. The molecule has 2 heterocycles. The molecule has 4 atom stereocenters. The molecule has 2 saturated heterocycles. The first-order chi connectivity index (χ1) is 18.1. The van der Waals surface area contributed by atoms with Gasteiger partial charge < -0.3 is 29.6 Å². The van der Waals surface area contributed by atoms with E-state index in [4.69, 9.17) is 24.2 Å². The molecule has 10 nitrogen and oxygen atoms in total. The zero-order valence-electron chi connectivity index (χ0n) is 19.6. The average molecular weight is 501 g/mol. The summed E-state index contributed by atoms with van der Waals surface area (Å²) in [5.74, 6) is 1.35. The first kappa shape index (κ1) is 24.1. The minimum atomic E-state index is -0.638. The molecular formula is C27H24N4O6. The Balaban J connectivity index is 1.09. The molecule has 37 heavy (non-hydrogen) atoms. The molecule has 188 valence electrons. The Labute approximate surface area is 213 Å². The number of hydrogen-bond acceptors (Lipinski definition) is 7. The number of nitriles is 1. The van der Waals surface area contributed by atoms with Crippen molar-refractivity contribution in [1.29, 1.82) is 5.26 Å². The maximum Gasteiger partial charge on any atom is 0.412 e. The minimum Gasteiger partial charge on any atom is -0.457 e. The molecule has 0 radical (unpaired) electrons. The predicted molar refractivity (Wildman–Crippen MR) is 133 cm³/mol. The quantitative estimate of drug-likeness (QED) is 0.461. The highest BCUT2D eigenvalue weighted by Gasteiger charge is 2.50. The molecule has 2 fully saturated rings. The van der Waals surface area contributed by atoms with Crippen molar-refractivity contribution in [2.24, 2.45) is 0 Å². The van der Waals surface area contributed by atoms with Crippen molar-refractivity contribution in [3.8, 4) is 17.6 Å². The number of nitrogens with one attached hydrogen (secondary N) is 3. The van der Waals surface area contributed by atoms with E-state index >= 15 is 0 Å². The third-order valence-electron chi connectivity index (χ3n) is 5.91. The highest BCUT2D eigenvalue weighted by atomic mass is 16.6. The Morgan fingerprint density at radius 2 is 1.59 bits per heavy atom. The molecule has 3 aromatic carbocycles. The summed E-state index contributed by atoms with van der Waals surface area (Å²) in [5, 5.41) is 17.2. The van der Waals surface area contributed by atoms with Gasteiger partial charge in [-0.05, 0) is 54.6 Å². The molecule has 2 aliphatic rings. The molecule has 0 aromatic heterocycles. The second kappa shape index (κ2) is 11.0. The van der Waals surface area contributed by atoms with Crippen LogP contribution in [-0.2, 0) is 14.2 Å². The van der Waals surface area contributed by atoms with Crippen LogP contribution in [0.15, 0.2) is 78.9 Å². The van der Waals surface area contributed by atoms with Crippen LogP contribution in [0.1, 0.15) is 5.56 Å². The van der Waals surface area contributed by atoms with Crippen molar-refractivity contribution in [1.82, 2.24) is 5.32 Å². The monoisotopic (exact) mass is 500 g/mol. The number of para-hydroxylation sites is 1. The summed E-state index contributed by atoms with van der Waals surface area (Å²) < 4.78 is 22.9. The van der Waals surface area contributed by atoms with Crippen LogP contribution < -0.4 is 20.7 Å². The van der Waals surface area contributed by atoms with Gasteiger partial charge in [0.1, 0.15) is 23.7 Å². The first-order valence-electron chi connectivity index (χ1n) is 11.7. The lowest BCUT2D eigenvalue weighted by Gasteiger charge is -2.18. The molecule has 0 spiro atoms. The average Bonchev–Trinajstić information content (AvgIpc) is 3.49. The van der Waals surface area contributed by atoms with Crippen molar-refractivity contribution in [3.63, 3.8) is 0 Å². The second-order valence-electron chi connectivity index (χ2n) is 8.50. The van der Waals surface area contributed by atoms with Crippen LogP contribution in [0, 0.1) is 11.3 Å². The van der Waals surface area contributed by atoms with E-state index in [1.807, 2.05) is 36.4 Å². The van der Waals surface area contributed by atoms with E-state index in [2.05, 4.69) is 16.0 Å². The molecule has 4 unspecified atom stereocenters. The third kappa shape index (κ3) is 5.98. The van der Waals surface area contributed by atoms with Crippen molar-refractivity contribution >= 4 is 23.5 Å². The summed E-state index contributed by atoms with van der Waals surface area (Å²) in [6.07, 6.45) is -2.21. The fraction of sp³-hybridized carbons (Fsp3) is 0.222. The Bertz CT molecular complexity index is 1290. The zero-order valence-corrected chi connectivity index (χ0v) is 19.6. The van der Waals surface area contributed by atoms with Gasteiger partial charge in [0.05, 0.1) is 30.9 Å². The number of rotatable bonds is 6. The lowest BCUT2D eigenvalue weighted by atomic mass is 10.1. The molecule has 2 aliphatic heterocycles. The van der Waals surface area contributed by atoms with Crippen molar-refractivity contribution in [2.45, 2.75) is 24.4 Å². The van der Waals surface area contributed by atoms with Gasteiger partial charge in [0, 0.05) is 11.4 Å². The van der Waals surface area contributed by atoms with Gasteiger partial charge in [-0.1, -0.05) is 24.3 Å². The zero-order chi connectivity index (χ0) is 25.6. The molecule has 0 saturated carbocycles. The fourth-order valence-corrected chi connectivity index (χ4v) is 4.21. The van der Waals surface area contributed by atoms with Gasteiger partial charge in [0.25, 0.3) is 0 Å². The number of hydrogen-bond donors (Lipinski definition) is 3. The maximum absolute atomic E-state index is 12.5. The van der Waals surface area contributed by atoms with E-state index in [0.717, 1.165) is 0 Å². The minimum absolute atomic E-state index is 0.149. The number of urea groups is 1. The van der Waals surface area contributed by atoms with Crippen LogP contribution >= 0.6 is 0 Å². The number of ether oxygens (including phenoxy) is 4. The molecule has 0 bridgehead atoms. The second-order valence-corrected chi connectivity index (χ2v) is 8.50. The number of fused-ring (bicyclic) bond motifs is 1. The van der Waals surface area contributed by atoms with Gasteiger partial charge in [-0.3, -0.25) is 5.32 Å². The normalized spacial score (nSPS) is 21.8. The van der Waals surface area contributed by atoms with Gasteiger partial charge in [-0.15, -0.1) is 0 Å². The van der Waals surface area contributed by atoms with Crippen LogP contribution in [0.4, 0.5) is 21.0 Å². The third-order valence-corrected chi connectivity index (χ3v) is 5.91. The topological polar surface area (TPSA) is 131 Å². The number of amides is 3. The van der Waals surface area contributed by atoms with Crippen LogP contribution in [0.3, 0.4) is 0 Å².